The van der Waals surface area contributed by atoms with Gasteiger partial charge in [0.05, 0.1) is 5.69 Å². The molecular weight excluding hydrogens is 266 g/mol. The highest BCUT2D eigenvalue weighted by atomic mass is 32.1. The molecule has 0 spiro atoms. The molecule has 0 bridgehead atoms. The normalized spacial score (nSPS) is 12.2. The Bertz CT molecular complexity index is 404. The summed E-state index contributed by atoms with van der Waals surface area (Å²) in [5, 5.41) is 4.62. The number of rotatable bonds is 7. The van der Waals surface area contributed by atoms with Gasteiger partial charge >= 0.3 is 0 Å². The number of anilines is 1. The summed E-state index contributed by atoms with van der Waals surface area (Å²) >= 11 is 1.85. The minimum atomic E-state index is 0.108. The van der Waals surface area contributed by atoms with E-state index in [2.05, 4.69) is 58.7 Å². The Balaban J connectivity index is 3.06. The molecule has 1 aromatic heterocycles. The molecule has 0 saturated heterocycles. The van der Waals surface area contributed by atoms with E-state index in [-0.39, 0.29) is 5.41 Å². The van der Waals surface area contributed by atoms with Crippen molar-refractivity contribution in [3.8, 4) is 0 Å². The van der Waals surface area contributed by atoms with Crippen molar-refractivity contribution >= 4 is 16.5 Å². The van der Waals surface area contributed by atoms with Gasteiger partial charge in [0.25, 0.3) is 0 Å². The summed E-state index contributed by atoms with van der Waals surface area (Å²) < 4.78 is 0. The van der Waals surface area contributed by atoms with Crippen molar-refractivity contribution in [3.63, 3.8) is 0 Å². The Morgan fingerprint density at radius 2 is 1.90 bits per heavy atom. The van der Waals surface area contributed by atoms with Gasteiger partial charge in [-0.3, -0.25) is 0 Å². The number of nitrogens with zero attached hydrogens (tertiary/aromatic N) is 2. The van der Waals surface area contributed by atoms with Crippen LogP contribution in [0, 0.1) is 5.92 Å². The van der Waals surface area contributed by atoms with E-state index < -0.39 is 0 Å². The van der Waals surface area contributed by atoms with Crippen LogP contribution < -0.4 is 10.2 Å². The van der Waals surface area contributed by atoms with Gasteiger partial charge < -0.3 is 10.2 Å². The first kappa shape index (κ1) is 17.4. The summed E-state index contributed by atoms with van der Waals surface area (Å²) in [6.45, 7) is 19.7. The summed E-state index contributed by atoms with van der Waals surface area (Å²) in [5.74, 6) is 0.661. The van der Waals surface area contributed by atoms with E-state index in [1.807, 2.05) is 11.3 Å². The number of aromatic nitrogens is 1. The molecule has 0 aliphatic rings. The zero-order valence-electron chi connectivity index (χ0n) is 14.2. The predicted molar refractivity (Wildman–Crippen MR) is 90.9 cm³/mol. The maximum atomic E-state index is 4.96. The molecule has 0 amide bonds. The Labute approximate surface area is 128 Å². The third kappa shape index (κ3) is 4.74. The zero-order valence-corrected chi connectivity index (χ0v) is 15.0. The van der Waals surface area contributed by atoms with Crippen molar-refractivity contribution in [2.75, 3.05) is 24.5 Å². The van der Waals surface area contributed by atoms with Crippen molar-refractivity contribution < 1.29 is 0 Å². The number of hydrogen-bond donors (Lipinski definition) is 1. The quantitative estimate of drug-likeness (QED) is 0.823. The molecule has 1 aromatic rings. The highest BCUT2D eigenvalue weighted by Crippen LogP contribution is 2.34. The van der Waals surface area contributed by atoms with Crippen LogP contribution in [0.5, 0.6) is 0 Å². The number of nitrogens with one attached hydrogen (secondary N) is 1. The lowest BCUT2D eigenvalue weighted by molar-refractivity contribution is 0.558. The second-order valence-corrected chi connectivity index (χ2v) is 7.79. The van der Waals surface area contributed by atoms with E-state index in [1.165, 1.54) is 15.7 Å². The molecule has 0 saturated carbocycles. The lowest BCUT2D eigenvalue weighted by Gasteiger charge is -2.22. The molecule has 1 heterocycles. The van der Waals surface area contributed by atoms with Gasteiger partial charge in [-0.1, -0.05) is 41.5 Å². The van der Waals surface area contributed by atoms with E-state index in [4.69, 9.17) is 4.98 Å². The highest BCUT2D eigenvalue weighted by Gasteiger charge is 2.24. The third-order valence-electron chi connectivity index (χ3n) is 3.17. The van der Waals surface area contributed by atoms with Gasteiger partial charge in [0, 0.05) is 29.9 Å². The van der Waals surface area contributed by atoms with E-state index in [1.54, 1.807) is 0 Å². The van der Waals surface area contributed by atoms with Crippen LogP contribution in [-0.4, -0.2) is 24.6 Å². The molecule has 1 N–H and O–H groups in total. The van der Waals surface area contributed by atoms with Crippen molar-refractivity contribution in [1.82, 2.24) is 10.3 Å². The van der Waals surface area contributed by atoms with Gasteiger partial charge in [0.2, 0.25) is 0 Å². The van der Waals surface area contributed by atoms with Gasteiger partial charge in [-0.2, -0.15) is 0 Å². The van der Waals surface area contributed by atoms with Crippen LogP contribution in [0.1, 0.15) is 59.0 Å². The van der Waals surface area contributed by atoms with Crippen LogP contribution in [0.4, 0.5) is 5.13 Å². The Morgan fingerprint density at radius 3 is 2.35 bits per heavy atom. The SMILES string of the molecule is CCNCc1sc(N(CC)CC(C)C)nc1C(C)(C)C. The second kappa shape index (κ2) is 7.41. The van der Waals surface area contributed by atoms with Crippen LogP contribution in [0.2, 0.25) is 0 Å². The first-order valence-corrected chi connectivity index (χ1v) is 8.57. The summed E-state index contributed by atoms with van der Waals surface area (Å²) in [4.78, 5) is 8.75. The second-order valence-electron chi connectivity index (χ2n) is 6.73. The molecule has 4 heteroatoms. The van der Waals surface area contributed by atoms with Crippen LogP contribution in [0.15, 0.2) is 0 Å². The lowest BCUT2D eigenvalue weighted by Crippen LogP contribution is -2.27. The van der Waals surface area contributed by atoms with Crippen molar-refractivity contribution in [2.24, 2.45) is 5.92 Å². The maximum Gasteiger partial charge on any atom is 0.185 e. The Morgan fingerprint density at radius 1 is 1.25 bits per heavy atom. The van der Waals surface area contributed by atoms with E-state index in [9.17, 15) is 0 Å². The van der Waals surface area contributed by atoms with Crippen LogP contribution in [0.25, 0.3) is 0 Å². The fourth-order valence-corrected chi connectivity index (χ4v) is 3.51. The average Bonchev–Trinajstić information content (AvgIpc) is 2.77. The Hall–Kier alpha value is -0.610. The van der Waals surface area contributed by atoms with Crippen molar-refractivity contribution in [1.29, 1.82) is 0 Å². The lowest BCUT2D eigenvalue weighted by atomic mass is 9.91. The van der Waals surface area contributed by atoms with Gasteiger partial charge in [0.1, 0.15) is 0 Å². The van der Waals surface area contributed by atoms with Gasteiger partial charge in [-0.15, -0.1) is 11.3 Å². The van der Waals surface area contributed by atoms with E-state index in [0.29, 0.717) is 5.92 Å². The van der Waals surface area contributed by atoms with E-state index in [0.717, 1.165) is 26.2 Å². The number of thiazole rings is 1. The molecule has 20 heavy (non-hydrogen) atoms. The minimum absolute atomic E-state index is 0.108. The molecular formula is C16H31N3S. The van der Waals surface area contributed by atoms with E-state index >= 15 is 0 Å². The fourth-order valence-electron chi connectivity index (χ4n) is 2.20. The molecule has 0 aliphatic heterocycles. The fraction of sp³-hybridized carbons (Fsp3) is 0.812. The minimum Gasteiger partial charge on any atom is -0.348 e. The first-order chi connectivity index (χ1) is 9.29. The molecule has 0 atom stereocenters. The van der Waals surface area contributed by atoms with Crippen molar-refractivity contribution in [2.45, 2.75) is 60.4 Å². The largest absolute Gasteiger partial charge is 0.348 e. The molecule has 0 fully saturated rings. The zero-order chi connectivity index (χ0) is 15.3. The molecule has 0 unspecified atom stereocenters. The standard InChI is InChI=1S/C16H31N3S/c1-8-17-10-13-14(16(5,6)7)18-15(20-13)19(9-2)11-12(3)4/h12,17H,8-11H2,1-7H3. The molecule has 0 aromatic carbocycles. The molecule has 0 aliphatic carbocycles. The highest BCUT2D eigenvalue weighted by molar-refractivity contribution is 7.15. The molecule has 116 valence electrons. The Kier molecular flexibility index (Phi) is 6.46. The van der Waals surface area contributed by atoms with Crippen LogP contribution >= 0.6 is 11.3 Å². The maximum absolute atomic E-state index is 4.96. The monoisotopic (exact) mass is 297 g/mol. The average molecular weight is 298 g/mol. The third-order valence-corrected chi connectivity index (χ3v) is 4.29. The molecule has 1 rings (SSSR count). The molecule has 3 nitrogen and oxygen atoms in total. The van der Waals surface area contributed by atoms with Crippen molar-refractivity contribution in [3.05, 3.63) is 10.6 Å². The van der Waals surface area contributed by atoms with Crippen LogP contribution in [-0.2, 0) is 12.0 Å². The topological polar surface area (TPSA) is 28.2 Å². The summed E-state index contributed by atoms with van der Waals surface area (Å²) in [6, 6.07) is 0. The predicted octanol–water partition coefficient (Wildman–Crippen LogP) is 4.03. The van der Waals surface area contributed by atoms with Gasteiger partial charge in [-0.05, 0) is 19.4 Å². The number of hydrogen-bond acceptors (Lipinski definition) is 4. The molecule has 0 radical (unpaired) electrons. The van der Waals surface area contributed by atoms with Gasteiger partial charge in [0.15, 0.2) is 5.13 Å². The van der Waals surface area contributed by atoms with Gasteiger partial charge in [-0.25, -0.2) is 4.98 Å². The summed E-state index contributed by atoms with van der Waals surface area (Å²) in [7, 11) is 0. The first-order valence-electron chi connectivity index (χ1n) is 7.75. The summed E-state index contributed by atoms with van der Waals surface area (Å²) in [5.41, 5.74) is 1.36. The van der Waals surface area contributed by atoms with Crippen LogP contribution in [0.3, 0.4) is 0 Å². The summed E-state index contributed by atoms with van der Waals surface area (Å²) in [6.07, 6.45) is 0. The smallest absolute Gasteiger partial charge is 0.185 e.